The van der Waals surface area contributed by atoms with Gasteiger partial charge in [0.15, 0.2) is 11.5 Å². The van der Waals surface area contributed by atoms with Gasteiger partial charge in [0.05, 0.1) is 32.3 Å². The molecule has 0 spiro atoms. The van der Waals surface area contributed by atoms with Crippen molar-refractivity contribution in [1.29, 1.82) is 0 Å². The number of nitrogens with one attached hydrogen (secondary N) is 1. The maximum Gasteiger partial charge on any atom is 0.223 e. The zero-order valence-corrected chi connectivity index (χ0v) is 15.1. The van der Waals surface area contributed by atoms with Gasteiger partial charge in [0.2, 0.25) is 5.91 Å². The highest BCUT2D eigenvalue weighted by Gasteiger charge is 2.06. The summed E-state index contributed by atoms with van der Waals surface area (Å²) in [6, 6.07) is 12.9. The second kappa shape index (κ2) is 9.79. The Balaban J connectivity index is 1.71. The standard InChI is InChI=1S/C19H22ClNO4/c1-23-17-8-7-14(13-18(17)24-2)9-11-21-19(22)10-12-25-16-6-4-3-5-15(16)20/h3-8,13H,9-12H2,1-2H3,(H,21,22). The summed E-state index contributed by atoms with van der Waals surface area (Å²) in [7, 11) is 3.20. The second-order valence-electron chi connectivity index (χ2n) is 5.32. The number of benzene rings is 2. The van der Waals surface area contributed by atoms with E-state index in [9.17, 15) is 4.79 Å². The lowest BCUT2D eigenvalue weighted by molar-refractivity contribution is -0.121. The smallest absolute Gasteiger partial charge is 0.223 e. The van der Waals surface area contributed by atoms with Crippen LogP contribution in [-0.4, -0.2) is 33.3 Å². The Bertz CT molecular complexity index is 706. The lowest BCUT2D eigenvalue weighted by Crippen LogP contribution is -2.27. The molecule has 5 nitrogen and oxygen atoms in total. The Morgan fingerprint density at radius 3 is 2.52 bits per heavy atom. The summed E-state index contributed by atoms with van der Waals surface area (Å²) in [4.78, 5) is 11.9. The molecule has 1 N–H and O–H groups in total. The topological polar surface area (TPSA) is 56.8 Å². The van der Waals surface area contributed by atoms with Gasteiger partial charge in [0.25, 0.3) is 0 Å². The fraction of sp³-hybridized carbons (Fsp3) is 0.316. The van der Waals surface area contributed by atoms with Crippen molar-refractivity contribution in [3.05, 3.63) is 53.1 Å². The highest BCUT2D eigenvalue weighted by molar-refractivity contribution is 6.32. The van der Waals surface area contributed by atoms with Crippen LogP contribution in [0.1, 0.15) is 12.0 Å². The molecule has 6 heteroatoms. The first-order valence-corrected chi connectivity index (χ1v) is 8.36. The van der Waals surface area contributed by atoms with Crippen LogP contribution >= 0.6 is 11.6 Å². The van der Waals surface area contributed by atoms with E-state index in [0.29, 0.717) is 35.2 Å². The average Bonchev–Trinajstić information content (AvgIpc) is 2.63. The van der Waals surface area contributed by atoms with E-state index in [2.05, 4.69) is 5.32 Å². The number of amides is 1. The van der Waals surface area contributed by atoms with Crippen LogP contribution in [0, 0.1) is 0 Å². The molecule has 0 aliphatic rings. The first-order chi connectivity index (χ1) is 12.1. The first kappa shape index (κ1) is 18.9. The summed E-state index contributed by atoms with van der Waals surface area (Å²) >= 11 is 5.99. The van der Waals surface area contributed by atoms with Crippen molar-refractivity contribution in [2.24, 2.45) is 0 Å². The van der Waals surface area contributed by atoms with Crippen LogP contribution in [0.15, 0.2) is 42.5 Å². The number of methoxy groups -OCH3 is 2. The minimum Gasteiger partial charge on any atom is -0.493 e. The van der Waals surface area contributed by atoms with Crippen molar-refractivity contribution < 1.29 is 19.0 Å². The van der Waals surface area contributed by atoms with E-state index in [1.807, 2.05) is 30.3 Å². The molecule has 0 saturated carbocycles. The Hall–Kier alpha value is -2.40. The lowest BCUT2D eigenvalue weighted by atomic mass is 10.1. The van der Waals surface area contributed by atoms with E-state index in [-0.39, 0.29) is 18.9 Å². The molecule has 0 saturated heterocycles. The first-order valence-electron chi connectivity index (χ1n) is 7.99. The van der Waals surface area contributed by atoms with Crippen molar-refractivity contribution in [2.45, 2.75) is 12.8 Å². The Labute approximate surface area is 152 Å². The molecule has 0 heterocycles. The molecule has 2 aromatic rings. The van der Waals surface area contributed by atoms with Gasteiger partial charge in [-0.25, -0.2) is 0 Å². The molecule has 0 aliphatic carbocycles. The fourth-order valence-electron chi connectivity index (χ4n) is 2.29. The van der Waals surface area contributed by atoms with Gasteiger partial charge in [0.1, 0.15) is 5.75 Å². The maximum absolute atomic E-state index is 11.9. The van der Waals surface area contributed by atoms with Gasteiger partial charge in [-0.15, -0.1) is 0 Å². The van der Waals surface area contributed by atoms with E-state index < -0.39 is 0 Å². The van der Waals surface area contributed by atoms with Crippen LogP contribution in [0.4, 0.5) is 0 Å². The number of rotatable bonds is 9. The van der Waals surface area contributed by atoms with Gasteiger partial charge in [-0.1, -0.05) is 29.8 Å². The number of hydrogen-bond acceptors (Lipinski definition) is 4. The van der Waals surface area contributed by atoms with Crippen molar-refractivity contribution in [1.82, 2.24) is 5.32 Å². The second-order valence-corrected chi connectivity index (χ2v) is 5.73. The Morgan fingerprint density at radius 2 is 1.80 bits per heavy atom. The zero-order valence-electron chi connectivity index (χ0n) is 14.4. The fourth-order valence-corrected chi connectivity index (χ4v) is 2.48. The molecule has 0 aliphatic heterocycles. The van der Waals surface area contributed by atoms with Gasteiger partial charge in [-0.05, 0) is 36.2 Å². The van der Waals surface area contributed by atoms with Crippen LogP contribution in [0.2, 0.25) is 5.02 Å². The third kappa shape index (κ3) is 5.87. The predicted octanol–water partition coefficient (Wildman–Crippen LogP) is 3.49. The summed E-state index contributed by atoms with van der Waals surface area (Å²) in [6.45, 7) is 0.826. The summed E-state index contributed by atoms with van der Waals surface area (Å²) < 4.78 is 16.0. The van der Waals surface area contributed by atoms with E-state index in [1.54, 1.807) is 26.4 Å². The SMILES string of the molecule is COc1ccc(CCNC(=O)CCOc2ccccc2Cl)cc1OC. The maximum atomic E-state index is 11.9. The molecule has 0 bridgehead atoms. The molecule has 134 valence electrons. The molecule has 0 aromatic heterocycles. The van der Waals surface area contributed by atoms with Crippen LogP contribution in [0.3, 0.4) is 0 Å². The van der Waals surface area contributed by atoms with Gasteiger partial charge in [0, 0.05) is 6.54 Å². The Morgan fingerprint density at radius 1 is 1.04 bits per heavy atom. The monoisotopic (exact) mass is 363 g/mol. The quantitative estimate of drug-likeness (QED) is 0.741. The van der Waals surface area contributed by atoms with E-state index in [0.717, 1.165) is 5.56 Å². The molecule has 0 unspecified atom stereocenters. The highest BCUT2D eigenvalue weighted by atomic mass is 35.5. The summed E-state index contributed by atoms with van der Waals surface area (Å²) in [6.07, 6.45) is 0.981. The lowest BCUT2D eigenvalue weighted by Gasteiger charge is -2.10. The highest BCUT2D eigenvalue weighted by Crippen LogP contribution is 2.27. The van der Waals surface area contributed by atoms with E-state index >= 15 is 0 Å². The number of hydrogen-bond donors (Lipinski definition) is 1. The van der Waals surface area contributed by atoms with Gasteiger partial charge < -0.3 is 19.5 Å². The van der Waals surface area contributed by atoms with E-state index in [4.69, 9.17) is 25.8 Å². The van der Waals surface area contributed by atoms with Crippen LogP contribution in [0.5, 0.6) is 17.2 Å². The third-order valence-electron chi connectivity index (χ3n) is 3.61. The number of halogens is 1. The minimum atomic E-state index is -0.0625. The largest absolute Gasteiger partial charge is 0.493 e. The van der Waals surface area contributed by atoms with Gasteiger partial charge in [-0.2, -0.15) is 0 Å². The van der Waals surface area contributed by atoms with Crippen LogP contribution < -0.4 is 19.5 Å². The van der Waals surface area contributed by atoms with Crippen LogP contribution in [0.25, 0.3) is 0 Å². The van der Waals surface area contributed by atoms with E-state index in [1.165, 1.54) is 0 Å². The normalized spacial score (nSPS) is 10.2. The third-order valence-corrected chi connectivity index (χ3v) is 3.92. The van der Waals surface area contributed by atoms with Crippen molar-refractivity contribution in [3.63, 3.8) is 0 Å². The molecule has 25 heavy (non-hydrogen) atoms. The minimum absolute atomic E-state index is 0.0625. The zero-order chi connectivity index (χ0) is 18.1. The summed E-state index contributed by atoms with van der Waals surface area (Å²) in [5.41, 5.74) is 1.06. The number of carbonyl (C=O) groups is 1. The van der Waals surface area contributed by atoms with Gasteiger partial charge >= 0.3 is 0 Å². The predicted molar refractivity (Wildman–Crippen MR) is 97.8 cm³/mol. The molecule has 2 aromatic carbocycles. The molecule has 2 rings (SSSR count). The Kier molecular flexibility index (Phi) is 7.41. The molecule has 0 fully saturated rings. The number of para-hydroxylation sites is 1. The molecule has 0 radical (unpaired) electrons. The van der Waals surface area contributed by atoms with Crippen molar-refractivity contribution in [2.75, 3.05) is 27.4 Å². The number of ether oxygens (including phenoxy) is 3. The average molecular weight is 364 g/mol. The van der Waals surface area contributed by atoms with Crippen molar-refractivity contribution in [3.8, 4) is 17.2 Å². The summed E-state index contributed by atoms with van der Waals surface area (Å²) in [5.74, 6) is 1.89. The van der Waals surface area contributed by atoms with Crippen LogP contribution in [-0.2, 0) is 11.2 Å². The summed E-state index contributed by atoms with van der Waals surface area (Å²) in [5, 5.41) is 3.41. The number of carbonyl (C=O) groups excluding carboxylic acids is 1. The molecular formula is C19H22ClNO4. The molecule has 0 atom stereocenters. The van der Waals surface area contributed by atoms with Gasteiger partial charge in [-0.3, -0.25) is 4.79 Å². The van der Waals surface area contributed by atoms with Crippen molar-refractivity contribution >= 4 is 17.5 Å². The molecular weight excluding hydrogens is 342 g/mol. The molecule has 1 amide bonds.